The molecule has 0 unspecified atom stereocenters. The fraction of sp³-hybridized carbons (Fsp3) is 0.933. The molecule has 0 spiro atoms. The van der Waals surface area contributed by atoms with E-state index in [1.807, 2.05) is 0 Å². The van der Waals surface area contributed by atoms with Crippen LogP contribution < -0.4 is 0 Å². The van der Waals surface area contributed by atoms with Gasteiger partial charge in [-0.1, -0.05) is 53.4 Å². The molecule has 0 aliphatic carbocycles. The van der Waals surface area contributed by atoms with Crippen LogP contribution in [0.15, 0.2) is 0 Å². The number of ketones is 1. The molecule has 0 fully saturated rings. The summed E-state index contributed by atoms with van der Waals surface area (Å²) in [5, 5.41) is 0. The number of hydrogen-bond acceptors (Lipinski definition) is 1. The Labute approximate surface area is 102 Å². The highest BCUT2D eigenvalue weighted by molar-refractivity contribution is 5.78. The van der Waals surface area contributed by atoms with E-state index in [-0.39, 0.29) is 0 Å². The maximum Gasteiger partial charge on any atom is 0.132 e. The van der Waals surface area contributed by atoms with Crippen molar-refractivity contribution in [2.45, 2.75) is 85.5 Å². The van der Waals surface area contributed by atoms with Gasteiger partial charge < -0.3 is 0 Å². The van der Waals surface area contributed by atoms with Crippen LogP contribution in [0.2, 0.25) is 0 Å². The van der Waals surface area contributed by atoms with Crippen molar-refractivity contribution in [3.8, 4) is 0 Å². The van der Waals surface area contributed by atoms with Crippen LogP contribution in [0.1, 0.15) is 85.5 Å². The Balaban J connectivity index is 3.24. The molecule has 0 aromatic carbocycles. The molecule has 0 rings (SSSR count). The van der Waals surface area contributed by atoms with Gasteiger partial charge in [-0.25, -0.2) is 0 Å². The maximum atomic E-state index is 11.4. The average Bonchev–Trinajstić information content (AvgIpc) is 2.18. The van der Waals surface area contributed by atoms with Gasteiger partial charge in [0.15, 0.2) is 0 Å². The fourth-order valence-electron chi connectivity index (χ4n) is 1.83. The van der Waals surface area contributed by atoms with Gasteiger partial charge in [0.25, 0.3) is 0 Å². The van der Waals surface area contributed by atoms with E-state index in [0.29, 0.717) is 11.2 Å². The van der Waals surface area contributed by atoms with Gasteiger partial charge in [-0.2, -0.15) is 0 Å². The lowest BCUT2D eigenvalue weighted by Gasteiger charge is -2.17. The molecule has 1 heteroatoms. The van der Waals surface area contributed by atoms with Crippen LogP contribution in [0.5, 0.6) is 0 Å². The highest BCUT2D eigenvalue weighted by Gasteiger charge is 2.08. The van der Waals surface area contributed by atoms with Crippen molar-refractivity contribution in [2.75, 3.05) is 0 Å². The Hall–Kier alpha value is -0.330. The number of carbonyl (C=O) groups excluding carboxylic acids is 1. The molecule has 0 aliphatic rings. The minimum Gasteiger partial charge on any atom is -0.300 e. The number of hydrogen-bond donors (Lipinski definition) is 0. The Morgan fingerprint density at radius 3 is 2.00 bits per heavy atom. The summed E-state index contributed by atoms with van der Waals surface area (Å²) in [6.07, 6.45) is 10.1. The van der Waals surface area contributed by atoms with Gasteiger partial charge >= 0.3 is 0 Å². The maximum absolute atomic E-state index is 11.4. The molecule has 0 bridgehead atoms. The summed E-state index contributed by atoms with van der Waals surface area (Å²) in [4.78, 5) is 11.4. The Bertz CT molecular complexity index is 176. The Kier molecular flexibility index (Phi) is 8.60. The average molecular weight is 226 g/mol. The second-order valence-electron chi connectivity index (χ2n) is 6.12. The lowest BCUT2D eigenvalue weighted by Crippen LogP contribution is -2.04. The van der Waals surface area contributed by atoms with Gasteiger partial charge in [-0.3, -0.25) is 4.79 Å². The fourth-order valence-corrected chi connectivity index (χ4v) is 1.83. The molecule has 0 heterocycles. The predicted molar refractivity (Wildman–Crippen MR) is 71.7 cm³/mol. The topological polar surface area (TPSA) is 17.1 Å². The minimum atomic E-state index is 0.469. The number of Topliss-reactive ketones (excluding diaryl/α,β-unsaturated/α-hetero) is 1. The zero-order chi connectivity index (χ0) is 12.4. The zero-order valence-electron chi connectivity index (χ0n) is 11.8. The number of carbonyl (C=O) groups is 1. The molecule has 0 atom stereocenters. The molecule has 0 saturated heterocycles. The summed E-state index contributed by atoms with van der Waals surface area (Å²) in [5.74, 6) is 0.470. The SMILES string of the molecule is CCCCC(=O)CCCCCCC(C)(C)C. The highest BCUT2D eigenvalue weighted by Crippen LogP contribution is 2.22. The van der Waals surface area contributed by atoms with E-state index in [4.69, 9.17) is 0 Å². The molecule has 16 heavy (non-hydrogen) atoms. The van der Waals surface area contributed by atoms with Crippen molar-refractivity contribution in [3.63, 3.8) is 0 Å². The zero-order valence-corrected chi connectivity index (χ0v) is 11.8. The lowest BCUT2D eigenvalue weighted by atomic mass is 9.89. The second kappa shape index (κ2) is 8.78. The van der Waals surface area contributed by atoms with Gasteiger partial charge in [0.05, 0.1) is 0 Å². The smallest absolute Gasteiger partial charge is 0.132 e. The van der Waals surface area contributed by atoms with Gasteiger partial charge in [-0.15, -0.1) is 0 Å². The molecule has 1 nitrogen and oxygen atoms in total. The molecular formula is C15H30O. The molecular weight excluding hydrogens is 196 g/mol. The lowest BCUT2D eigenvalue weighted by molar-refractivity contribution is -0.119. The Morgan fingerprint density at radius 2 is 1.44 bits per heavy atom. The number of unbranched alkanes of at least 4 members (excludes halogenated alkanes) is 4. The van der Waals surface area contributed by atoms with Crippen LogP contribution in [-0.4, -0.2) is 5.78 Å². The first kappa shape index (κ1) is 15.7. The van der Waals surface area contributed by atoms with Gasteiger partial charge in [0.1, 0.15) is 5.78 Å². The minimum absolute atomic E-state index is 0.469. The van der Waals surface area contributed by atoms with E-state index in [0.717, 1.165) is 32.1 Å². The van der Waals surface area contributed by atoms with Crippen LogP contribution >= 0.6 is 0 Å². The molecule has 96 valence electrons. The standard InChI is InChI=1S/C15H30O/c1-5-6-11-14(16)12-9-7-8-10-13-15(2,3)4/h5-13H2,1-4H3. The van der Waals surface area contributed by atoms with Crippen molar-refractivity contribution < 1.29 is 4.79 Å². The third-order valence-corrected chi connectivity index (χ3v) is 2.94. The van der Waals surface area contributed by atoms with Crippen LogP contribution in [0.3, 0.4) is 0 Å². The van der Waals surface area contributed by atoms with E-state index >= 15 is 0 Å². The highest BCUT2D eigenvalue weighted by atomic mass is 16.1. The summed E-state index contributed by atoms with van der Waals surface area (Å²) in [6, 6.07) is 0. The molecule has 0 amide bonds. The van der Waals surface area contributed by atoms with E-state index in [1.54, 1.807) is 0 Å². The molecule has 0 aromatic heterocycles. The molecule has 0 aromatic rings. The van der Waals surface area contributed by atoms with E-state index in [1.165, 1.54) is 25.7 Å². The molecule has 0 saturated carbocycles. The largest absolute Gasteiger partial charge is 0.300 e. The summed E-state index contributed by atoms with van der Waals surface area (Å²) >= 11 is 0. The molecule has 0 aliphatic heterocycles. The quantitative estimate of drug-likeness (QED) is 0.498. The first-order valence-electron chi connectivity index (χ1n) is 6.97. The predicted octanol–water partition coefficient (Wildman–Crippen LogP) is 5.13. The first-order valence-corrected chi connectivity index (χ1v) is 6.97. The third-order valence-electron chi connectivity index (χ3n) is 2.94. The van der Waals surface area contributed by atoms with Crippen LogP contribution in [0.4, 0.5) is 0 Å². The normalized spacial score (nSPS) is 11.8. The van der Waals surface area contributed by atoms with Crippen molar-refractivity contribution in [2.24, 2.45) is 5.41 Å². The van der Waals surface area contributed by atoms with Gasteiger partial charge in [0, 0.05) is 12.8 Å². The van der Waals surface area contributed by atoms with Gasteiger partial charge in [0.2, 0.25) is 0 Å². The summed E-state index contributed by atoms with van der Waals surface area (Å²) < 4.78 is 0. The Morgan fingerprint density at radius 1 is 0.875 bits per heavy atom. The first-order chi connectivity index (χ1) is 7.45. The van der Waals surface area contributed by atoms with Crippen LogP contribution in [0, 0.1) is 5.41 Å². The summed E-state index contributed by atoms with van der Waals surface area (Å²) in [7, 11) is 0. The van der Waals surface area contributed by atoms with Crippen molar-refractivity contribution in [3.05, 3.63) is 0 Å². The van der Waals surface area contributed by atoms with Crippen molar-refractivity contribution >= 4 is 5.78 Å². The van der Waals surface area contributed by atoms with Crippen LogP contribution in [-0.2, 0) is 4.79 Å². The van der Waals surface area contributed by atoms with Crippen LogP contribution in [0.25, 0.3) is 0 Å². The van der Waals surface area contributed by atoms with E-state index < -0.39 is 0 Å². The van der Waals surface area contributed by atoms with E-state index in [9.17, 15) is 4.79 Å². The van der Waals surface area contributed by atoms with Crippen molar-refractivity contribution in [1.29, 1.82) is 0 Å². The molecule has 0 radical (unpaired) electrons. The summed E-state index contributed by atoms with van der Waals surface area (Å²) in [5.41, 5.74) is 0.469. The third kappa shape index (κ3) is 11.7. The monoisotopic (exact) mass is 226 g/mol. The van der Waals surface area contributed by atoms with Gasteiger partial charge in [-0.05, 0) is 24.7 Å². The number of rotatable bonds is 9. The summed E-state index contributed by atoms with van der Waals surface area (Å²) in [6.45, 7) is 9.02. The van der Waals surface area contributed by atoms with E-state index in [2.05, 4.69) is 27.7 Å². The second-order valence-corrected chi connectivity index (χ2v) is 6.12. The van der Waals surface area contributed by atoms with Crippen molar-refractivity contribution in [1.82, 2.24) is 0 Å². The molecule has 0 N–H and O–H groups in total.